The molecule has 2 heterocycles. The topological polar surface area (TPSA) is 59.0 Å². The largest absolute Gasteiger partial charge is 0.507 e. The lowest BCUT2D eigenvalue weighted by Crippen LogP contribution is -2.35. The number of aryl methyl sites for hydroxylation is 1. The van der Waals surface area contributed by atoms with E-state index in [0.717, 1.165) is 29.1 Å². The number of nitrogens with zero attached hydrogens (tertiary/aromatic N) is 1. The van der Waals surface area contributed by atoms with E-state index in [4.69, 9.17) is 9.47 Å². The third-order valence-electron chi connectivity index (χ3n) is 5.01. The molecule has 1 aliphatic heterocycles. The highest BCUT2D eigenvalue weighted by molar-refractivity contribution is 7.11. The van der Waals surface area contributed by atoms with Gasteiger partial charge in [-0.2, -0.15) is 0 Å². The molecule has 160 valence electrons. The second kappa shape index (κ2) is 10.6. The number of ether oxygens (including phenoxy) is 2. The van der Waals surface area contributed by atoms with Crippen LogP contribution in [0.25, 0.3) is 6.08 Å². The standard InChI is InChI=1S/C24H29NO4S/c1-17(2)8-12-29-22-6-4-19(21(26)5-7-23-18(3)9-15-30-23)24(27)20(22)16-25-10-13-28-14-11-25/h4-9,15,27H,10-14,16H2,1-3H3/b7-5+. The lowest BCUT2D eigenvalue weighted by molar-refractivity contribution is 0.0335. The van der Waals surface area contributed by atoms with Crippen molar-refractivity contribution < 1.29 is 19.4 Å². The summed E-state index contributed by atoms with van der Waals surface area (Å²) >= 11 is 1.59. The van der Waals surface area contributed by atoms with Crippen LogP contribution in [-0.2, 0) is 11.3 Å². The molecular weight excluding hydrogens is 398 g/mol. The quantitative estimate of drug-likeness (QED) is 0.371. The third-order valence-corrected chi connectivity index (χ3v) is 5.99. The van der Waals surface area contributed by atoms with Crippen LogP contribution in [0.4, 0.5) is 0 Å². The maximum Gasteiger partial charge on any atom is 0.189 e. The third kappa shape index (κ3) is 5.81. The van der Waals surface area contributed by atoms with E-state index in [1.165, 1.54) is 6.08 Å². The monoisotopic (exact) mass is 427 g/mol. The number of morpholine rings is 1. The normalized spacial score (nSPS) is 14.8. The van der Waals surface area contributed by atoms with Gasteiger partial charge in [-0.15, -0.1) is 11.3 Å². The Morgan fingerprint density at radius 1 is 1.27 bits per heavy atom. The number of carbonyl (C=O) groups is 1. The minimum absolute atomic E-state index is 0.00579. The van der Waals surface area contributed by atoms with Gasteiger partial charge in [0.05, 0.1) is 24.3 Å². The predicted octanol–water partition coefficient (Wildman–Crippen LogP) is 4.84. The Labute approximate surface area is 182 Å². The molecule has 3 rings (SSSR count). The average molecular weight is 428 g/mol. The van der Waals surface area contributed by atoms with Crippen molar-refractivity contribution in [2.75, 3.05) is 32.9 Å². The number of benzene rings is 1. The van der Waals surface area contributed by atoms with Crippen molar-refractivity contribution in [3.05, 3.63) is 62.9 Å². The lowest BCUT2D eigenvalue weighted by Gasteiger charge is -2.27. The first kappa shape index (κ1) is 22.3. The van der Waals surface area contributed by atoms with Crippen molar-refractivity contribution in [2.24, 2.45) is 0 Å². The number of rotatable bonds is 8. The van der Waals surface area contributed by atoms with Gasteiger partial charge >= 0.3 is 0 Å². The molecule has 1 fully saturated rings. The fourth-order valence-corrected chi connectivity index (χ4v) is 4.00. The highest BCUT2D eigenvalue weighted by Gasteiger charge is 2.21. The molecule has 1 saturated heterocycles. The summed E-state index contributed by atoms with van der Waals surface area (Å²) in [5, 5.41) is 13.0. The number of aromatic hydroxyl groups is 1. The zero-order valence-electron chi connectivity index (χ0n) is 17.8. The number of hydrogen-bond acceptors (Lipinski definition) is 6. The number of phenols is 1. The Kier molecular flexibility index (Phi) is 7.85. The fraction of sp³-hybridized carbons (Fsp3) is 0.375. The van der Waals surface area contributed by atoms with Crippen molar-refractivity contribution in [1.82, 2.24) is 4.90 Å². The second-order valence-electron chi connectivity index (χ2n) is 7.58. The van der Waals surface area contributed by atoms with Crippen LogP contribution in [0.5, 0.6) is 11.5 Å². The minimum atomic E-state index is -0.223. The van der Waals surface area contributed by atoms with E-state index in [-0.39, 0.29) is 11.5 Å². The smallest absolute Gasteiger partial charge is 0.189 e. The lowest BCUT2D eigenvalue weighted by atomic mass is 10.0. The van der Waals surface area contributed by atoms with Gasteiger partial charge in [-0.25, -0.2) is 0 Å². The van der Waals surface area contributed by atoms with Crippen LogP contribution in [0.1, 0.15) is 40.2 Å². The molecule has 1 aromatic heterocycles. The first-order valence-electron chi connectivity index (χ1n) is 10.1. The second-order valence-corrected chi connectivity index (χ2v) is 8.53. The molecule has 5 nitrogen and oxygen atoms in total. The van der Waals surface area contributed by atoms with Crippen molar-refractivity contribution in [2.45, 2.75) is 27.3 Å². The molecule has 0 spiro atoms. The van der Waals surface area contributed by atoms with Gasteiger partial charge in [-0.05, 0) is 68.1 Å². The average Bonchev–Trinajstić information content (AvgIpc) is 3.14. The van der Waals surface area contributed by atoms with Crippen molar-refractivity contribution in [1.29, 1.82) is 0 Å². The SMILES string of the molecule is CC(C)=CCOc1ccc(C(=O)/C=C/c2sccc2C)c(O)c1CN1CCOCC1. The number of phenolic OH excluding ortho intramolecular Hbond substituents is 1. The van der Waals surface area contributed by atoms with Gasteiger partial charge in [0.25, 0.3) is 0 Å². The number of hydrogen-bond donors (Lipinski definition) is 1. The van der Waals surface area contributed by atoms with E-state index in [2.05, 4.69) is 4.90 Å². The van der Waals surface area contributed by atoms with Gasteiger partial charge in [0.1, 0.15) is 18.1 Å². The predicted molar refractivity (Wildman–Crippen MR) is 122 cm³/mol. The first-order valence-corrected chi connectivity index (χ1v) is 11.0. The molecule has 2 aromatic rings. The van der Waals surface area contributed by atoms with Gasteiger partial charge in [0.15, 0.2) is 5.78 Å². The number of allylic oxidation sites excluding steroid dienone is 2. The van der Waals surface area contributed by atoms with E-state index in [1.807, 2.05) is 44.4 Å². The molecule has 0 amide bonds. The molecule has 1 N–H and O–H groups in total. The van der Waals surface area contributed by atoms with Crippen LogP contribution in [-0.4, -0.2) is 48.7 Å². The molecule has 0 aliphatic carbocycles. The maximum absolute atomic E-state index is 12.8. The Hall–Kier alpha value is -2.41. The zero-order chi connectivity index (χ0) is 21.5. The molecule has 0 unspecified atom stereocenters. The molecule has 0 atom stereocenters. The summed E-state index contributed by atoms with van der Waals surface area (Å²) in [7, 11) is 0. The van der Waals surface area contributed by atoms with Crippen LogP contribution in [0, 0.1) is 6.92 Å². The van der Waals surface area contributed by atoms with E-state index in [1.54, 1.807) is 23.5 Å². The highest BCUT2D eigenvalue weighted by atomic mass is 32.1. The molecule has 0 saturated carbocycles. The van der Waals surface area contributed by atoms with E-state index in [0.29, 0.717) is 43.2 Å². The van der Waals surface area contributed by atoms with Gasteiger partial charge in [-0.3, -0.25) is 9.69 Å². The Morgan fingerprint density at radius 3 is 2.70 bits per heavy atom. The van der Waals surface area contributed by atoms with Crippen molar-refractivity contribution in [3.63, 3.8) is 0 Å². The molecule has 0 radical (unpaired) electrons. The van der Waals surface area contributed by atoms with Crippen LogP contribution in [0.3, 0.4) is 0 Å². The summed E-state index contributed by atoms with van der Waals surface area (Å²) in [4.78, 5) is 16.0. The zero-order valence-corrected chi connectivity index (χ0v) is 18.6. The molecule has 0 bridgehead atoms. The van der Waals surface area contributed by atoms with Gasteiger partial charge in [0, 0.05) is 24.5 Å². The number of thiophene rings is 1. The molecule has 30 heavy (non-hydrogen) atoms. The molecule has 1 aromatic carbocycles. The van der Waals surface area contributed by atoms with E-state index >= 15 is 0 Å². The first-order chi connectivity index (χ1) is 14.5. The van der Waals surface area contributed by atoms with Crippen LogP contribution in [0.2, 0.25) is 0 Å². The number of ketones is 1. The van der Waals surface area contributed by atoms with Gasteiger partial charge in [0.2, 0.25) is 0 Å². The fourth-order valence-electron chi connectivity index (χ4n) is 3.18. The maximum atomic E-state index is 12.8. The summed E-state index contributed by atoms with van der Waals surface area (Å²) in [6.07, 6.45) is 5.32. The summed E-state index contributed by atoms with van der Waals surface area (Å²) in [5.74, 6) is 0.374. The molecular formula is C24H29NO4S. The summed E-state index contributed by atoms with van der Waals surface area (Å²) in [6.45, 7) is 9.85. The van der Waals surface area contributed by atoms with Crippen molar-refractivity contribution >= 4 is 23.2 Å². The van der Waals surface area contributed by atoms with Crippen LogP contribution >= 0.6 is 11.3 Å². The minimum Gasteiger partial charge on any atom is -0.507 e. The number of carbonyl (C=O) groups excluding carboxylic acids is 1. The van der Waals surface area contributed by atoms with Gasteiger partial charge < -0.3 is 14.6 Å². The van der Waals surface area contributed by atoms with Crippen LogP contribution in [0.15, 0.2) is 41.3 Å². The highest BCUT2D eigenvalue weighted by Crippen LogP contribution is 2.34. The summed E-state index contributed by atoms with van der Waals surface area (Å²) < 4.78 is 11.3. The van der Waals surface area contributed by atoms with Crippen LogP contribution < -0.4 is 4.74 Å². The molecule has 6 heteroatoms. The van der Waals surface area contributed by atoms with Crippen molar-refractivity contribution in [3.8, 4) is 11.5 Å². The molecule has 1 aliphatic rings. The van der Waals surface area contributed by atoms with Gasteiger partial charge in [-0.1, -0.05) is 5.57 Å². The van der Waals surface area contributed by atoms with E-state index in [9.17, 15) is 9.90 Å². The van der Waals surface area contributed by atoms with E-state index < -0.39 is 0 Å². The Bertz CT molecular complexity index is 935. The summed E-state index contributed by atoms with van der Waals surface area (Å²) in [6, 6.07) is 5.45. The summed E-state index contributed by atoms with van der Waals surface area (Å²) in [5.41, 5.74) is 3.22. The Balaban J connectivity index is 1.87. The Morgan fingerprint density at radius 2 is 2.03 bits per heavy atom.